The van der Waals surface area contributed by atoms with E-state index in [9.17, 15) is 0 Å². The van der Waals surface area contributed by atoms with Crippen LogP contribution in [0.1, 0.15) is 17.3 Å². The molecule has 1 fully saturated rings. The molecule has 1 N–H and O–H groups in total. The molecule has 0 spiro atoms. The first-order valence-corrected chi connectivity index (χ1v) is 6.48. The summed E-state index contributed by atoms with van der Waals surface area (Å²) in [5, 5.41) is 5.51. The van der Waals surface area contributed by atoms with E-state index < -0.39 is 0 Å². The summed E-state index contributed by atoms with van der Waals surface area (Å²) in [6, 6.07) is 2.55. The van der Waals surface area contributed by atoms with Gasteiger partial charge in [0.15, 0.2) is 0 Å². The average Bonchev–Trinajstić information content (AvgIpc) is 2.80. The maximum Gasteiger partial charge on any atom is 0.0513 e. The molecule has 2 unspecified atom stereocenters. The molecule has 4 heteroatoms. The molecule has 2 heterocycles. The largest absolute Gasteiger partial charge is 0.381 e. The zero-order valence-corrected chi connectivity index (χ0v) is 10.5. The SMILES string of the molecule is CNC(c1sccc1Br)C1CCOC1. The van der Waals surface area contributed by atoms with Crippen molar-refractivity contribution in [1.29, 1.82) is 0 Å². The van der Waals surface area contributed by atoms with Crippen LogP contribution in [0.2, 0.25) is 0 Å². The summed E-state index contributed by atoms with van der Waals surface area (Å²) in [6.07, 6.45) is 1.16. The molecule has 0 saturated carbocycles. The van der Waals surface area contributed by atoms with E-state index in [0.29, 0.717) is 12.0 Å². The summed E-state index contributed by atoms with van der Waals surface area (Å²) >= 11 is 5.39. The van der Waals surface area contributed by atoms with Crippen LogP contribution in [0.3, 0.4) is 0 Å². The smallest absolute Gasteiger partial charge is 0.0513 e. The summed E-state index contributed by atoms with van der Waals surface area (Å²) in [7, 11) is 2.02. The van der Waals surface area contributed by atoms with E-state index in [-0.39, 0.29) is 0 Å². The minimum Gasteiger partial charge on any atom is -0.381 e. The molecule has 0 aromatic carbocycles. The zero-order chi connectivity index (χ0) is 9.97. The third-order valence-corrected chi connectivity index (χ3v) is 4.63. The summed E-state index contributed by atoms with van der Waals surface area (Å²) in [4.78, 5) is 1.39. The summed E-state index contributed by atoms with van der Waals surface area (Å²) in [6.45, 7) is 1.79. The van der Waals surface area contributed by atoms with Gasteiger partial charge < -0.3 is 10.1 Å². The molecule has 2 rings (SSSR count). The van der Waals surface area contributed by atoms with Crippen LogP contribution < -0.4 is 5.32 Å². The van der Waals surface area contributed by atoms with Gasteiger partial charge in [-0.15, -0.1) is 11.3 Å². The molecular weight excluding hydrogens is 262 g/mol. The lowest BCUT2D eigenvalue weighted by molar-refractivity contribution is 0.178. The van der Waals surface area contributed by atoms with E-state index in [4.69, 9.17) is 4.74 Å². The third-order valence-electron chi connectivity index (χ3n) is 2.67. The normalized spacial score (nSPS) is 24.0. The van der Waals surface area contributed by atoms with Gasteiger partial charge in [0, 0.05) is 27.9 Å². The minimum absolute atomic E-state index is 0.437. The zero-order valence-electron chi connectivity index (χ0n) is 8.13. The van der Waals surface area contributed by atoms with E-state index in [1.807, 2.05) is 7.05 Å². The molecule has 2 nitrogen and oxygen atoms in total. The Hall–Kier alpha value is 0.1000. The highest BCUT2D eigenvalue weighted by Crippen LogP contribution is 2.36. The van der Waals surface area contributed by atoms with Crippen LogP contribution in [0.5, 0.6) is 0 Å². The first kappa shape index (κ1) is 10.6. The van der Waals surface area contributed by atoms with Crippen molar-refractivity contribution >= 4 is 27.3 Å². The Morgan fingerprint density at radius 1 is 1.71 bits per heavy atom. The lowest BCUT2D eigenvalue weighted by Crippen LogP contribution is -2.24. The van der Waals surface area contributed by atoms with Crippen LogP contribution >= 0.6 is 27.3 Å². The van der Waals surface area contributed by atoms with Gasteiger partial charge in [0.1, 0.15) is 0 Å². The maximum atomic E-state index is 5.43. The van der Waals surface area contributed by atoms with Crippen molar-refractivity contribution in [1.82, 2.24) is 5.32 Å². The number of thiophene rings is 1. The van der Waals surface area contributed by atoms with Crippen LogP contribution in [0.15, 0.2) is 15.9 Å². The van der Waals surface area contributed by atoms with Crippen LogP contribution in [0.4, 0.5) is 0 Å². The third kappa shape index (κ3) is 2.03. The van der Waals surface area contributed by atoms with Crippen molar-refractivity contribution in [3.05, 3.63) is 20.8 Å². The minimum atomic E-state index is 0.437. The van der Waals surface area contributed by atoms with Gasteiger partial charge in [0.05, 0.1) is 6.61 Å². The van der Waals surface area contributed by atoms with Gasteiger partial charge in [0.25, 0.3) is 0 Å². The van der Waals surface area contributed by atoms with E-state index in [0.717, 1.165) is 19.6 Å². The highest BCUT2D eigenvalue weighted by atomic mass is 79.9. The lowest BCUT2D eigenvalue weighted by Gasteiger charge is -2.21. The Bertz CT molecular complexity index is 296. The summed E-state index contributed by atoms with van der Waals surface area (Å²) in [5.41, 5.74) is 0. The lowest BCUT2D eigenvalue weighted by atomic mass is 9.98. The molecule has 1 aromatic rings. The molecule has 2 atom stereocenters. The first-order chi connectivity index (χ1) is 6.83. The molecular formula is C10H14BrNOS. The molecule has 0 aliphatic carbocycles. The second-order valence-electron chi connectivity index (χ2n) is 3.52. The molecule has 1 saturated heterocycles. The number of nitrogens with one attached hydrogen (secondary N) is 1. The standard InChI is InChI=1S/C10H14BrNOS/c1-12-9(7-2-4-13-6-7)10-8(11)3-5-14-10/h3,5,7,9,12H,2,4,6H2,1H3. The fourth-order valence-corrected chi connectivity index (χ4v) is 3.75. The molecule has 14 heavy (non-hydrogen) atoms. The van der Waals surface area contributed by atoms with Gasteiger partial charge in [-0.05, 0) is 40.8 Å². The number of rotatable bonds is 3. The molecule has 1 aliphatic heterocycles. The number of hydrogen-bond acceptors (Lipinski definition) is 3. The Labute approximate surface area is 96.8 Å². The number of halogens is 1. The Morgan fingerprint density at radius 3 is 3.07 bits per heavy atom. The van der Waals surface area contributed by atoms with Gasteiger partial charge >= 0.3 is 0 Å². The predicted octanol–water partition coefficient (Wildman–Crippen LogP) is 2.81. The predicted molar refractivity (Wildman–Crippen MR) is 62.7 cm³/mol. The van der Waals surface area contributed by atoms with Crippen molar-refractivity contribution < 1.29 is 4.74 Å². The first-order valence-electron chi connectivity index (χ1n) is 4.81. The molecule has 1 aliphatic rings. The van der Waals surface area contributed by atoms with Gasteiger partial charge in [0.2, 0.25) is 0 Å². The number of hydrogen-bond donors (Lipinski definition) is 1. The van der Waals surface area contributed by atoms with Crippen LogP contribution in [-0.2, 0) is 4.74 Å². The summed E-state index contributed by atoms with van der Waals surface area (Å²) < 4.78 is 6.64. The van der Waals surface area contributed by atoms with Crippen molar-refractivity contribution in [3.63, 3.8) is 0 Å². The van der Waals surface area contributed by atoms with Crippen molar-refractivity contribution in [2.24, 2.45) is 5.92 Å². The summed E-state index contributed by atoms with van der Waals surface area (Å²) in [5.74, 6) is 0.620. The molecule has 1 aromatic heterocycles. The Balaban J connectivity index is 2.16. The maximum absolute atomic E-state index is 5.43. The van der Waals surface area contributed by atoms with Gasteiger partial charge in [-0.2, -0.15) is 0 Å². The quantitative estimate of drug-likeness (QED) is 0.916. The fraction of sp³-hybridized carbons (Fsp3) is 0.600. The second-order valence-corrected chi connectivity index (χ2v) is 5.32. The topological polar surface area (TPSA) is 21.3 Å². The monoisotopic (exact) mass is 275 g/mol. The Kier molecular flexibility index (Phi) is 3.60. The van der Waals surface area contributed by atoms with E-state index >= 15 is 0 Å². The second kappa shape index (κ2) is 4.75. The van der Waals surface area contributed by atoms with Crippen LogP contribution in [-0.4, -0.2) is 20.3 Å². The molecule has 0 bridgehead atoms. The van der Waals surface area contributed by atoms with E-state index in [2.05, 4.69) is 32.7 Å². The molecule has 0 amide bonds. The fourth-order valence-electron chi connectivity index (χ4n) is 1.92. The Morgan fingerprint density at radius 2 is 2.57 bits per heavy atom. The molecule has 78 valence electrons. The highest BCUT2D eigenvalue weighted by Gasteiger charge is 2.27. The van der Waals surface area contributed by atoms with Crippen LogP contribution in [0, 0.1) is 5.92 Å². The van der Waals surface area contributed by atoms with Crippen molar-refractivity contribution in [2.75, 3.05) is 20.3 Å². The van der Waals surface area contributed by atoms with Gasteiger partial charge in [-0.3, -0.25) is 0 Å². The van der Waals surface area contributed by atoms with E-state index in [1.165, 1.54) is 9.35 Å². The van der Waals surface area contributed by atoms with Crippen LogP contribution in [0.25, 0.3) is 0 Å². The van der Waals surface area contributed by atoms with Crippen molar-refractivity contribution in [2.45, 2.75) is 12.5 Å². The highest BCUT2D eigenvalue weighted by molar-refractivity contribution is 9.10. The average molecular weight is 276 g/mol. The number of ether oxygens (including phenoxy) is 1. The van der Waals surface area contributed by atoms with Crippen molar-refractivity contribution in [3.8, 4) is 0 Å². The van der Waals surface area contributed by atoms with Gasteiger partial charge in [-0.1, -0.05) is 0 Å². The van der Waals surface area contributed by atoms with E-state index in [1.54, 1.807) is 11.3 Å². The molecule has 0 radical (unpaired) electrons. The van der Waals surface area contributed by atoms with Gasteiger partial charge in [-0.25, -0.2) is 0 Å².